The minimum absolute atomic E-state index is 0.256. The predicted molar refractivity (Wildman–Crippen MR) is 103 cm³/mol. The van der Waals surface area contributed by atoms with Crippen LogP contribution in [0, 0.1) is 6.92 Å². The molecule has 0 aliphatic carbocycles. The molecule has 0 bridgehead atoms. The molecule has 0 radical (unpaired) electrons. The van der Waals surface area contributed by atoms with Crippen LogP contribution in [0.25, 0.3) is 0 Å². The van der Waals surface area contributed by atoms with E-state index in [1.54, 1.807) is 17.9 Å². The van der Waals surface area contributed by atoms with Crippen LogP contribution in [0.2, 0.25) is 0 Å². The number of benzene rings is 1. The van der Waals surface area contributed by atoms with Gasteiger partial charge in [-0.1, -0.05) is 31.2 Å². The number of aromatic amines is 1. The average molecular weight is 381 g/mol. The van der Waals surface area contributed by atoms with Crippen LogP contribution in [-0.4, -0.2) is 38.7 Å². The van der Waals surface area contributed by atoms with Gasteiger partial charge in [0.05, 0.1) is 19.2 Å². The summed E-state index contributed by atoms with van der Waals surface area (Å²) in [5, 5.41) is 6.97. The van der Waals surface area contributed by atoms with Crippen LogP contribution in [0.1, 0.15) is 50.2 Å². The minimum atomic E-state index is -0.437. The molecule has 146 valence electrons. The molecule has 0 saturated carbocycles. The van der Waals surface area contributed by atoms with Crippen molar-refractivity contribution in [1.82, 2.24) is 25.1 Å². The quantitative estimate of drug-likeness (QED) is 0.611. The second kappa shape index (κ2) is 8.51. The molecule has 0 spiro atoms. The van der Waals surface area contributed by atoms with Gasteiger partial charge in [0.15, 0.2) is 0 Å². The van der Waals surface area contributed by atoms with Gasteiger partial charge in [-0.25, -0.2) is 14.5 Å². The number of esters is 1. The Morgan fingerprint density at radius 3 is 2.54 bits per heavy atom. The van der Waals surface area contributed by atoms with E-state index in [-0.39, 0.29) is 5.91 Å². The van der Waals surface area contributed by atoms with Crippen LogP contribution in [0.3, 0.4) is 0 Å². The highest BCUT2D eigenvalue weighted by molar-refractivity contribution is 6.00. The SMILES string of the molecule is CCc1[nH]c(C(=O)NCc2ccc(Cn3cncn3)cc2)c(C)c1C(=O)OC. The number of hydrogen-bond acceptors (Lipinski definition) is 5. The van der Waals surface area contributed by atoms with E-state index in [9.17, 15) is 9.59 Å². The number of aromatic nitrogens is 4. The summed E-state index contributed by atoms with van der Waals surface area (Å²) < 4.78 is 6.57. The molecule has 0 fully saturated rings. The number of amides is 1. The van der Waals surface area contributed by atoms with Crippen LogP contribution < -0.4 is 5.32 Å². The van der Waals surface area contributed by atoms with Crippen molar-refractivity contribution in [3.63, 3.8) is 0 Å². The van der Waals surface area contributed by atoms with Gasteiger partial charge in [-0.15, -0.1) is 0 Å². The van der Waals surface area contributed by atoms with E-state index in [4.69, 9.17) is 4.74 Å². The van der Waals surface area contributed by atoms with Gasteiger partial charge in [0.25, 0.3) is 5.91 Å². The van der Waals surface area contributed by atoms with Crippen molar-refractivity contribution >= 4 is 11.9 Å². The molecule has 8 nitrogen and oxygen atoms in total. The van der Waals surface area contributed by atoms with Crippen LogP contribution in [-0.2, 0) is 24.2 Å². The van der Waals surface area contributed by atoms with Gasteiger partial charge in [-0.2, -0.15) is 5.10 Å². The van der Waals surface area contributed by atoms with Crippen molar-refractivity contribution in [2.24, 2.45) is 0 Å². The van der Waals surface area contributed by atoms with Gasteiger partial charge in [0, 0.05) is 12.2 Å². The van der Waals surface area contributed by atoms with E-state index in [0.29, 0.717) is 42.0 Å². The number of nitrogens with zero attached hydrogens (tertiary/aromatic N) is 3. The number of aryl methyl sites for hydroxylation is 1. The minimum Gasteiger partial charge on any atom is -0.465 e. The Balaban J connectivity index is 1.65. The molecule has 0 aliphatic heterocycles. The van der Waals surface area contributed by atoms with Crippen molar-refractivity contribution in [1.29, 1.82) is 0 Å². The molecule has 0 saturated heterocycles. The topological polar surface area (TPSA) is 102 Å². The largest absolute Gasteiger partial charge is 0.465 e. The zero-order valence-corrected chi connectivity index (χ0v) is 16.2. The first-order chi connectivity index (χ1) is 13.5. The third kappa shape index (κ3) is 4.11. The molecular formula is C20H23N5O3. The van der Waals surface area contributed by atoms with Crippen LogP contribution in [0.4, 0.5) is 0 Å². The molecule has 8 heteroatoms. The normalized spacial score (nSPS) is 10.7. The Kier molecular flexibility index (Phi) is 5.88. The fraction of sp³-hybridized carbons (Fsp3) is 0.300. The highest BCUT2D eigenvalue weighted by atomic mass is 16.5. The summed E-state index contributed by atoms with van der Waals surface area (Å²) in [6.07, 6.45) is 3.77. The lowest BCUT2D eigenvalue weighted by Crippen LogP contribution is -2.24. The maximum Gasteiger partial charge on any atom is 0.339 e. The van der Waals surface area contributed by atoms with Gasteiger partial charge in [0.2, 0.25) is 0 Å². The van der Waals surface area contributed by atoms with Gasteiger partial charge >= 0.3 is 5.97 Å². The maximum atomic E-state index is 12.6. The summed E-state index contributed by atoms with van der Waals surface area (Å²) in [6, 6.07) is 7.91. The molecule has 3 aromatic rings. The second-order valence-corrected chi connectivity index (χ2v) is 6.42. The van der Waals surface area contributed by atoms with Crippen LogP contribution in [0.5, 0.6) is 0 Å². The second-order valence-electron chi connectivity index (χ2n) is 6.42. The lowest BCUT2D eigenvalue weighted by Gasteiger charge is -2.07. The summed E-state index contributed by atoms with van der Waals surface area (Å²) in [5.74, 6) is -0.693. The van der Waals surface area contributed by atoms with Crippen molar-refractivity contribution in [2.45, 2.75) is 33.4 Å². The standard InChI is InChI=1S/C20H23N5O3/c1-4-16-17(20(27)28-3)13(2)18(24-16)19(26)22-9-14-5-7-15(8-6-14)10-25-12-21-11-23-25/h5-8,11-12,24H,4,9-10H2,1-3H3,(H,22,26). The van der Waals surface area contributed by atoms with E-state index >= 15 is 0 Å². The van der Waals surface area contributed by atoms with E-state index in [1.165, 1.54) is 13.4 Å². The van der Waals surface area contributed by atoms with E-state index in [1.807, 2.05) is 31.2 Å². The molecule has 1 amide bonds. The maximum absolute atomic E-state index is 12.6. The first-order valence-electron chi connectivity index (χ1n) is 9.01. The summed E-state index contributed by atoms with van der Waals surface area (Å²) in [4.78, 5) is 31.6. The Bertz CT molecular complexity index is 959. The highest BCUT2D eigenvalue weighted by Gasteiger charge is 2.23. The van der Waals surface area contributed by atoms with Crippen molar-refractivity contribution in [3.05, 3.63) is 70.6 Å². The number of ether oxygens (including phenoxy) is 1. The summed E-state index contributed by atoms with van der Waals surface area (Å²) in [6.45, 7) is 4.69. The molecule has 28 heavy (non-hydrogen) atoms. The van der Waals surface area contributed by atoms with E-state index in [2.05, 4.69) is 20.4 Å². The zero-order chi connectivity index (χ0) is 20.1. The summed E-state index contributed by atoms with van der Waals surface area (Å²) >= 11 is 0. The molecule has 3 rings (SSSR count). The third-order valence-electron chi connectivity index (χ3n) is 4.58. The molecule has 2 heterocycles. The Labute approximate surface area is 162 Å². The monoisotopic (exact) mass is 381 g/mol. The van der Waals surface area contributed by atoms with Gasteiger partial charge in [0.1, 0.15) is 18.3 Å². The first kappa shape index (κ1) is 19.3. The smallest absolute Gasteiger partial charge is 0.339 e. The number of methoxy groups -OCH3 is 1. The van der Waals surface area contributed by atoms with E-state index in [0.717, 1.165) is 11.1 Å². The number of rotatable bonds is 7. The number of hydrogen-bond donors (Lipinski definition) is 2. The van der Waals surface area contributed by atoms with E-state index < -0.39 is 5.97 Å². The number of H-pyrrole nitrogens is 1. The molecule has 0 unspecified atom stereocenters. The molecule has 2 N–H and O–H groups in total. The van der Waals surface area contributed by atoms with Crippen LogP contribution in [0.15, 0.2) is 36.9 Å². The third-order valence-corrected chi connectivity index (χ3v) is 4.58. The van der Waals surface area contributed by atoms with Gasteiger partial charge in [-0.05, 0) is 30.0 Å². The molecule has 1 aromatic carbocycles. The molecule has 0 aliphatic rings. The molecular weight excluding hydrogens is 358 g/mol. The number of carbonyl (C=O) groups excluding carboxylic acids is 2. The number of carbonyl (C=O) groups is 2. The highest BCUT2D eigenvalue weighted by Crippen LogP contribution is 2.20. The Morgan fingerprint density at radius 2 is 1.93 bits per heavy atom. The molecule has 0 atom stereocenters. The fourth-order valence-corrected chi connectivity index (χ4v) is 3.06. The summed E-state index contributed by atoms with van der Waals surface area (Å²) in [7, 11) is 1.33. The predicted octanol–water partition coefficient (Wildman–Crippen LogP) is 2.24. The lowest BCUT2D eigenvalue weighted by molar-refractivity contribution is 0.0599. The van der Waals surface area contributed by atoms with Crippen molar-refractivity contribution < 1.29 is 14.3 Å². The van der Waals surface area contributed by atoms with Crippen molar-refractivity contribution in [3.8, 4) is 0 Å². The number of nitrogens with one attached hydrogen (secondary N) is 2. The lowest BCUT2D eigenvalue weighted by atomic mass is 10.1. The summed E-state index contributed by atoms with van der Waals surface area (Å²) in [5.41, 5.74) is 4.20. The first-order valence-corrected chi connectivity index (χ1v) is 9.01. The van der Waals surface area contributed by atoms with Crippen LogP contribution >= 0.6 is 0 Å². The Hall–Kier alpha value is -3.42. The fourth-order valence-electron chi connectivity index (χ4n) is 3.06. The molecule has 2 aromatic heterocycles. The van der Waals surface area contributed by atoms with Gasteiger partial charge < -0.3 is 15.0 Å². The zero-order valence-electron chi connectivity index (χ0n) is 16.2. The average Bonchev–Trinajstić information content (AvgIpc) is 3.34. The van der Waals surface area contributed by atoms with Gasteiger partial charge in [-0.3, -0.25) is 4.79 Å². The Morgan fingerprint density at radius 1 is 1.21 bits per heavy atom. The van der Waals surface area contributed by atoms with Crippen molar-refractivity contribution in [2.75, 3.05) is 7.11 Å².